The fraction of sp³-hybridized carbons (Fsp3) is 0.706. The molecule has 1 N–H and O–H groups in total. The van der Waals surface area contributed by atoms with Gasteiger partial charge in [0.25, 0.3) is 0 Å². The van der Waals surface area contributed by atoms with Gasteiger partial charge in [-0.25, -0.2) is 4.79 Å². The maximum absolute atomic E-state index is 12.6. The molecule has 1 heterocycles. The summed E-state index contributed by atoms with van der Waals surface area (Å²) in [4.78, 5) is 40.4. The molecule has 0 radical (unpaired) electrons. The van der Waals surface area contributed by atoms with Gasteiger partial charge in [0.2, 0.25) is 11.8 Å². The third-order valence-corrected chi connectivity index (χ3v) is 4.34. The number of rotatable bonds is 7. The lowest BCUT2D eigenvalue weighted by Gasteiger charge is -2.29. The summed E-state index contributed by atoms with van der Waals surface area (Å²) < 4.78 is 0. The smallest absolute Gasteiger partial charge is 0.326 e. The monoisotopic (exact) mass is 339 g/mol. The van der Waals surface area contributed by atoms with Crippen molar-refractivity contribution in [3.8, 4) is 0 Å². The van der Waals surface area contributed by atoms with Gasteiger partial charge in [-0.2, -0.15) is 0 Å². The van der Waals surface area contributed by atoms with Crippen molar-refractivity contribution in [2.75, 3.05) is 40.8 Å². The molecule has 0 aromatic rings. The van der Waals surface area contributed by atoms with Crippen molar-refractivity contribution in [3.63, 3.8) is 0 Å². The number of nitrogens with zero attached hydrogens (tertiary/aromatic N) is 3. The van der Waals surface area contributed by atoms with Gasteiger partial charge in [-0.1, -0.05) is 19.9 Å². The summed E-state index contributed by atoms with van der Waals surface area (Å²) in [6.07, 6.45) is 4.04. The number of carboxylic acids is 1. The number of amides is 2. The molecule has 0 spiro atoms. The highest BCUT2D eigenvalue weighted by molar-refractivity contribution is 5.87. The van der Waals surface area contributed by atoms with Crippen LogP contribution in [-0.2, 0) is 14.4 Å². The molecule has 24 heavy (non-hydrogen) atoms. The largest absolute Gasteiger partial charge is 0.480 e. The number of likely N-dealkylation sites (N-methyl/N-ethyl adjacent to an activating group) is 2. The number of hydrogen-bond acceptors (Lipinski definition) is 4. The number of hydrogen-bond donors (Lipinski definition) is 1. The minimum atomic E-state index is -0.971. The van der Waals surface area contributed by atoms with Gasteiger partial charge in [0, 0.05) is 40.3 Å². The molecule has 1 fully saturated rings. The zero-order chi connectivity index (χ0) is 18.4. The first-order chi connectivity index (χ1) is 11.1. The van der Waals surface area contributed by atoms with Crippen molar-refractivity contribution in [2.24, 2.45) is 11.8 Å². The second kappa shape index (κ2) is 8.82. The fourth-order valence-electron chi connectivity index (χ4n) is 2.97. The van der Waals surface area contributed by atoms with Gasteiger partial charge in [-0.15, -0.1) is 0 Å². The van der Waals surface area contributed by atoms with E-state index in [0.29, 0.717) is 19.5 Å². The summed E-state index contributed by atoms with van der Waals surface area (Å²) >= 11 is 0. The van der Waals surface area contributed by atoms with Crippen LogP contribution < -0.4 is 0 Å². The summed E-state index contributed by atoms with van der Waals surface area (Å²) in [5.74, 6) is -1.49. The second-order valence-electron chi connectivity index (χ2n) is 6.86. The summed E-state index contributed by atoms with van der Waals surface area (Å²) in [6.45, 7) is 5.57. The molecule has 7 nitrogen and oxygen atoms in total. The minimum Gasteiger partial charge on any atom is -0.480 e. The Kier molecular flexibility index (Phi) is 7.41. The molecule has 0 aromatic carbocycles. The van der Waals surface area contributed by atoms with Crippen molar-refractivity contribution in [3.05, 3.63) is 12.2 Å². The van der Waals surface area contributed by atoms with Crippen molar-refractivity contribution >= 4 is 17.8 Å². The Hall–Kier alpha value is -1.89. The molecule has 1 aliphatic heterocycles. The van der Waals surface area contributed by atoms with E-state index in [1.807, 2.05) is 0 Å². The van der Waals surface area contributed by atoms with E-state index in [-0.39, 0.29) is 23.7 Å². The lowest BCUT2D eigenvalue weighted by molar-refractivity contribution is -0.152. The van der Waals surface area contributed by atoms with Crippen LogP contribution in [0.5, 0.6) is 0 Å². The predicted molar refractivity (Wildman–Crippen MR) is 91.4 cm³/mol. The Morgan fingerprint density at radius 1 is 1.25 bits per heavy atom. The van der Waals surface area contributed by atoms with Gasteiger partial charge >= 0.3 is 5.97 Å². The Morgan fingerprint density at radius 3 is 2.38 bits per heavy atom. The first-order valence-corrected chi connectivity index (χ1v) is 8.24. The molecule has 1 aliphatic rings. The van der Waals surface area contributed by atoms with Crippen molar-refractivity contribution in [1.29, 1.82) is 0 Å². The van der Waals surface area contributed by atoms with Gasteiger partial charge in [-0.05, 0) is 18.9 Å². The molecule has 2 amide bonds. The van der Waals surface area contributed by atoms with Crippen LogP contribution in [0.4, 0.5) is 0 Å². The van der Waals surface area contributed by atoms with E-state index in [2.05, 4.69) is 4.90 Å². The lowest BCUT2D eigenvalue weighted by atomic mass is 10.0. The summed E-state index contributed by atoms with van der Waals surface area (Å²) in [5, 5.41) is 9.32. The molecule has 7 heteroatoms. The molecule has 0 aromatic heterocycles. The zero-order valence-corrected chi connectivity index (χ0v) is 15.2. The van der Waals surface area contributed by atoms with E-state index < -0.39 is 12.0 Å². The van der Waals surface area contributed by atoms with Crippen LogP contribution in [0.25, 0.3) is 0 Å². The lowest BCUT2D eigenvalue weighted by Crippen LogP contribution is -2.48. The van der Waals surface area contributed by atoms with E-state index in [9.17, 15) is 19.5 Å². The van der Waals surface area contributed by atoms with Crippen LogP contribution in [0.3, 0.4) is 0 Å². The Bertz CT molecular complexity index is 502. The number of carbonyl (C=O) groups excluding carboxylic acids is 2. The highest BCUT2D eigenvalue weighted by Crippen LogP contribution is 2.21. The van der Waals surface area contributed by atoms with Gasteiger partial charge in [0.15, 0.2) is 0 Å². The van der Waals surface area contributed by atoms with Gasteiger partial charge in [0.1, 0.15) is 6.04 Å². The molecule has 2 atom stereocenters. The third-order valence-electron chi connectivity index (χ3n) is 4.34. The SMILES string of the molecule is CC(C)C(C(=O)O)N(C)C(=O)[C@H]1CCN(C/C=C/C(=O)N(C)C)C1. The highest BCUT2D eigenvalue weighted by atomic mass is 16.4. The number of likely N-dealkylation sites (tertiary alicyclic amines) is 1. The van der Waals surface area contributed by atoms with Crippen LogP contribution >= 0.6 is 0 Å². The molecule has 1 rings (SSSR count). The molecule has 0 bridgehead atoms. The van der Waals surface area contributed by atoms with Gasteiger partial charge in [0.05, 0.1) is 5.92 Å². The summed E-state index contributed by atoms with van der Waals surface area (Å²) in [7, 11) is 4.96. The Morgan fingerprint density at radius 2 is 1.88 bits per heavy atom. The molecule has 1 unspecified atom stereocenters. The standard InChI is InChI=1S/C17H29N3O4/c1-12(2)15(17(23)24)19(5)16(22)13-8-10-20(11-13)9-6-7-14(21)18(3)4/h6-7,12-13,15H,8-11H2,1-5H3,(H,23,24)/b7-6+/t13-,15?/m0/s1. The predicted octanol–water partition coefficient (Wildman–Crippen LogP) is 0.520. The van der Waals surface area contributed by atoms with Crippen molar-refractivity contribution in [2.45, 2.75) is 26.3 Å². The number of aliphatic carboxylic acids is 1. The van der Waals surface area contributed by atoms with Crippen molar-refractivity contribution < 1.29 is 19.5 Å². The average Bonchev–Trinajstić information content (AvgIpc) is 2.94. The van der Waals surface area contributed by atoms with Crippen LogP contribution in [-0.4, -0.2) is 84.4 Å². The van der Waals surface area contributed by atoms with Crippen LogP contribution in [0.15, 0.2) is 12.2 Å². The molecule has 0 aliphatic carbocycles. The van der Waals surface area contributed by atoms with Crippen LogP contribution in [0.1, 0.15) is 20.3 Å². The third kappa shape index (κ3) is 5.33. The average molecular weight is 339 g/mol. The maximum atomic E-state index is 12.6. The fourth-order valence-corrected chi connectivity index (χ4v) is 2.97. The van der Waals surface area contributed by atoms with Crippen molar-refractivity contribution in [1.82, 2.24) is 14.7 Å². The molecule has 0 saturated carbocycles. The molecule has 136 valence electrons. The summed E-state index contributed by atoms with van der Waals surface area (Å²) in [5.41, 5.74) is 0. The van der Waals surface area contributed by atoms with Gasteiger partial charge in [-0.3, -0.25) is 14.5 Å². The second-order valence-corrected chi connectivity index (χ2v) is 6.86. The van der Waals surface area contributed by atoms with E-state index in [4.69, 9.17) is 0 Å². The first kappa shape index (κ1) is 20.2. The summed E-state index contributed by atoms with van der Waals surface area (Å²) in [6, 6.07) is -0.802. The van der Waals surface area contributed by atoms with E-state index in [0.717, 1.165) is 6.54 Å². The maximum Gasteiger partial charge on any atom is 0.326 e. The highest BCUT2D eigenvalue weighted by Gasteiger charge is 2.35. The number of carboxylic acid groups (broad SMARTS) is 1. The van der Waals surface area contributed by atoms with Gasteiger partial charge < -0.3 is 14.9 Å². The number of carbonyl (C=O) groups is 3. The molecular formula is C17H29N3O4. The quantitative estimate of drug-likeness (QED) is 0.684. The molecular weight excluding hydrogens is 310 g/mol. The minimum absolute atomic E-state index is 0.0669. The Balaban J connectivity index is 2.57. The normalized spacial score (nSPS) is 19.7. The van der Waals surface area contributed by atoms with E-state index >= 15 is 0 Å². The van der Waals surface area contributed by atoms with Crippen LogP contribution in [0, 0.1) is 11.8 Å². The first-order valence-electron chi connectivity index (χ1n) is 8.24. The van der Waals surface area contributed by atoms with E-state index in [1.54, 1.807) is 41.1 Å². The topological polar surface area (TPSA) is 81.2 Å². The molecule has 1 saturated heterocycles. The van der Waals surface area contributed by atoms with E-state index in [1.165, 1.54) is 15.9 Å². The zero-order valence-electron chi connectivity index (χ0n) is 15.2. The van der Waals surface area contributed by atoms with Crippen LogP contribution in [0.2, 0.25) is 0 Å². The Labute approximate surface area is 143 Å².